The van der Waals surface area contributed by atoms with Crippen molar-refractivity contribution < 1.29 is 9.84 Å². The van der Waals surface area contributed by atoms with Crippen molar-refractivity contribution in [2.45, 2.75) is 5.60 Å². The zero-order chi connectivity index (χ0) is 18.3. The van der Waals surface area contributed by atoms with Crippen LogP contribution in [-0.2, 0) is 5.60 Å². The molecule has 4 aromatic rings. The van der Waals surface area contributed by atoms with Gasteiger partial charge in [0.05, 0.1) is 0 Å². The lowest BCUT2D eigenvalue weighted by molar-refractivity contribution is 0.113. The SMILES string of the molecule is OC1(c2ccccc2-c2ccccc2)c2ccccc2Oc2ccccc21. The van der Waals surface area contributed by atoms with E-state index in [0.29, 0.717) is 11.5 Å². The van der Waals surface area contributed by atoms with Crippen LogP contribution in [0.4, 0.5) is 0 Å². The van der Waals surface area contributed by atoms with E-state index in [4.69, 9.17) is 4.74 Å². The van der Waals surface area contributed by atoms with Gasteiger partial charge in [-0.2, -0.15) is 0 Å². The predicted molar refractivity (Wildman–Crippen MR) is 107 cm³/mol. The highest BCUT2D eigenvalue weighted by atomic mass is 16.5. The Labute approximate surface area is 158 Å². The summed E-state index contributed by atoms with van der Waals surface area (Å²) in [5, 5.41) is 12.2. The first kappa shape index (κ1) is 15.9. The molecule has 5 rings (SSSR count). The van der Waals surface area contributed by atoms with E-state index in [1.807, 2.05) is 84.9 Å². The molecule has 1 aliphatic heterocycles. The van der Waals surface area contributed by atoms with Crippen LogP contribution >= 0.6 is 0 Å². The molecule has 2 nitrogen and oxygen atoms in total. The molecule has 1 heterocycles. The second-order valence-corrected chi connectivity index (χ2v) is 6.72. The number of hydrogen-bond acceptors (Lipinski definition) is 2. The first-order valence-corrected chi connectivity index (χ1v) is 9.02. The van der Waals surface area contributed by atoms with E-state index in [0.717, 1.165) is 27.8 Å². The van der Waals surface area contributed by atoms with E-state index < -0.39 is 5.60 Å². The number of aliphatic hydroxyl groups is 1. The molecule has 0 unspecified atom stereocenters. The van der Waals surface area contributed by atoms with Crippen molar-refractivity contribution >= 4 is 0 Å². The van der Waals surface area contributed by atoms with E-state index in [1.165, 1.54) is 0 Å². The number of ether oxygens (including phenoxy) is 1. The minimum Gasteiger partial charge on any atom is -0.457 e. The molecule has 0 saturated carbocycles. The predicted octanol–water partition coefficient (Wildman–Crippen LogP) is 5.74. The lowest BCUT2D eigenvalue weighted by atomic mass is 9.75. The van der Waals surface area contributed by atoms with Crippen molar-refractivity contribution in [2.24, 2.45) is 0 Å². The van der Waals surface area contributed by atoms with Crippen LogP contribution in [0.25, 0.3) is 11.1 Å². The summed E-state index contributed by atoms with van der Waals surface area (Å²) in [6, 6.07) is 33.6. The number of hydrogen-bond donors (Lipinski definition) is 1. The molecule has 4 aromatic carbocycles. The highest BCUT2D eigenvalue weighted by molar-refractivity contribution is 5.73. The fourth-order valence-corrected chi connectivity index (χ4v) is 3.93. The van der Waals surface area contributed by atoms with E-state index in [2.05, 4.69) is 18.2 Å². The third-order valence-corrected chi connectivity index (χ3v) is 5.18. The van der Waals surface area contributed by atoms with Crippen molar-refractivity contribution in [3.8, 4) is 22.6 Å². The molecule has 0 bridgehead atoms. The largest absolute Gasteiger partial charge is 0.457 e. The number of fused-ring (bicyclic) bond motifs is 2. The molecule has 27 heavy (non-hydrogen) atoms. The first-order valence-electron chi connectivity index (χ1n) is 9.02. The molecule has 0 atom stereocenters. The molecule has 0 spiro atoms. The fourth-order valence-electron chi connectivity index (χ4n) is 3.93. The van der Waals surface area contributed by atoms with Crippen molar-refractivity contribution in [3.63, 3.8) is 0 Å². The Hall–Kier alpha value is -3.36. The lowest BCUT2D eigenvalue weighted by Crippen LogP contribution is -2.33. The summed E-state index contributed by atoms with van der Waals surface area (Å²) in [7, 11) is 0. The van der Waals surface area contributed by atoms with Crippen LogP contribution in [0, 0.1) is 0 Å². The van der Waals surface area contributed by atoms with Crippen LogP contribution in [0.2, 0.25) is 0 Å². The zero-order valence-electron chi connectivity index (χ0n) is 14.7. The maximum atomic E-state index is 12.2. The maximum absolute atomic E-state index is 12.2. The van der Waals surface area contributed by atoms with Crippen molar-refractivity contribution in [1.82, 2.24) is 0 Å². The Balaban J connectivity index is 1.84. The van der Waals surface area contributed by atoms with E-state index >= 15 is 0 Å². The van der Waals surface area contributed by atoms with Gasteiger partial charge in [0.1, 0.15) is 17.1 Å². The number of benzene rings is 4. The molecule has 0 aromatic heterocycles. The molecule has 0 fully saturated rings. The van der Waals surface area contributed by atoms with Gasteiger partial charge in [0.2, 0.25) is 0 Å². The van der Waals surface area contributed by atoms with Gasteiger partial charge >= 0.3 is 0 Å². The Morgan fingerprint density at radius 1 is 0.519 bits per heavy atom. The molecule has 0 amide bonds. The van der Waals surface area contributed by atoms with Gasteiger partial charge in [-0.25, -0.2) is 0 Å². The van der Waals surface area contributed by atoms with Crippen LogP contribution in [0.3, 0.4) is 0 Å². The third-order valence-electron chi connectivity index (χ3n) is 5.18. The standard InChI is InChI=1S/C25H18O2/c26-25(20-13-5-4-12-19(20)18-10-2-1-3-11-18)21-14-6-8-16-23(21)27-24-17-9-7-15-22(24)25/h1-17,26H. The molecule has 0 aliphatic carbocycles. The van der Waals surface area contributed by atoms with Crippen LogP contribution in [0.1, 0.15) is 16.7 Å². The van der Waals surface area contributed by atoms with Gasteiger partial charge < -0.3 is 9.84 Å². The molecule has 0 radical (unpaired) electrons. The summed E-state index contributed by atoms with van der Waals surface area (Å²) in [5.74, 6) is 1.36. The average molecular weight is 350 g/mol. The molecule has 1 aliphatic rings. The second-order valence-electron chi connectivity index (χ2n) is 6.72. The number of para-hydroxylation sites is 2. The van der Waals surface area contributed by atoms with Gasteiger partial charge in [-0.15, -0.1) is 0 Å². The van der Waals surface area contributed by atoms with E-state index in [1.54, 1.807) is 0 Å². The van der Waals surface area contributed by atoms with Crippen LogP contribution in [0.15, 0.2) is 103 Å². The fraction of sp³-hybridized carbons (Fsp3) is 0.0400. The van der Waals surface area contributed by atoms with E-state index in [-0.39, 0.29) is 0 Å². The topological polar surface area (TPSA) is 29.5 Å². The van der Waals surface area contributed by atoms with Gasteiger partial charge in [-0.1, -0.05) is 91.0 Å². The Morgan fingerprint density at radius 2 is 1.00 bits per heavy atom. The van der Waals surface area contributed by atoms with E-state index in [9.17, 15) is 5.11 Å². The third kappa shape index (κ3) is 2.38. The minimum absolute atomic E-state index is 0.682. The maximum Gasteiger partial charge on any atom is 0.148 e. The second kappa shape index (κ2) is 6.11. The normalized spacial score (nSPS) is 14.0. The van der Waals surface area contributed by atoms with Crippen molar-refractivity contribution in [3.05, 3.63) is 120 Å². The van der Waals surface area contributed by atoms with Crippen molar-refractivity contribution in [2.75, 3.05) is 0 Å². The Kier molecular flexibility index (Phi) is 3.59. The summed E-state index contributed by atoms with van der Waals surface area (Å²) < 4.78 is 6.08. The highest BCUT2D eigenvalue weighted by Crippen LogP contribution is 2.51. The molecule has 130 valence electrons. The summed E-state index contributed by atoms with van der Waals surface area (Å²) in [6.45, 7) is 0. The highest BCUT2D eigenvalue weighted by Gasteiger charge is 2.43. The quantitative estimate of drug-likeness (QED) is 0.499. The molecule has 1 N–H and O–H groups in total. The van der Waals surface area contributed by atoms with Crippen LogP contribution < -0.4 is 4.74 Å². The van der Waals surface area contributed by atoms with Gasteiger partial charge in [0, 0.05) is 16.7 Å². The molecule has 0 saturated heterocycles. The van der Waals surface area contributed by atoms with Gasteiger partial charge in [-0.3, -0.25) is 0 Å². The summed E-state index contributed by atoms with van der Waals surface area (Å²) in [6.07, 6.45) is 0. The summed E-state index contributed by atoms with van der Waals surface area (Å²) >= 11 is 0. The van der Waals surface area contributed by atoms with Gasteiger partial charge in [-0.05, 0) is 23.3 Å². The zero-order valence-corrected chi connectivity index (χ0v) is 14.7. The van der Waals surface area contributed by atoms with Crippen LogP contribution in [-0.4, -0.2) is 5.11 Å². The monoisotopic (exact) mass is 350 g/mol. The Bertz CT molecular complexity index is 1070. The number of rotatable bonds is 2. The smallest absolute Gasteiger partial charge is 0.148 e. The molecular formula is C25H18O2. The lowest BCUT2D eigenvalue weighted by Gasteiger charge is -2.37. The Morgan fingerprint density at radius 3 is 1.63 bits per heavy atom. The van der Waals surface area contributed by atoms with Crippen LogP contribution in [0.5, 0.6) is 11.5 Å². The average Bonchev–Trinajstić information content (AvgIpc) is 2.75. The van der Waals surface area contributed by atoms with Gasteiger partial charge in [0.15, 0.2) is 0 Å². The van der Waals surface area contributed by atoms with Gasteiger partial charge in [0.25, 0.3) is 0 Å². The van der Waals surface area contributed by atoms with Crippen molar-refractivity contribution in [1.29, 1.82) is 0 Å². The molecular weight excluding hydrogens is 332 g/mol. The molecule has 2 heteroatoms. The summed E-state index contributed by atoms with van der Waals surface area (Å²) in [4.78, 5) is 0. The first-order chi connectivity index (χ1) is 13.3. The minimum atomic E-state index is -1.29. The summed E-state index contributed by atoms with van der Waals surface area (Å²) in [5.41, 5.74) is 3.14.